The summed E-state index contributed by atoms with van der Waals surface area (Å²) in [4.78, 5) is 11.5. The molecule has 0 unspecified atom stereocenters. The number of nitrogens with one attached hydrogen (secondary N) is 1. The van der Waals surface area contributed by atoms with Gasteiger partial charge in [-0.05, 0) is 32.6 Å². The SMILES string of the molecule is Cc1nc(N(C)C2CCCC2)ncc1CNC1CC1. The molecule has 0 radical (unpaired) electrons. The van der Waals surface area contributed by atoms with Crippen molar-refractivity contribution < 1.29 is 0 Å². The summed E-state index contributed by atoms with van der Waals surface area (Å²) in [6.45, 7) is 3.00. The minimum atomic E-state index is 0.634. The Balaban J connectivity index is 1.66. The number of hydrogen-bond acceptors (Lipinski definition) is 4. The number of anilines is 1. The third kappa shape index (κ3) is 3.06. The molecule has 1 aromatic heterocycles. The Morgan fingerprint density at radius 1 is 1.26 bits per heavy atom. The molecule has 0 aromatic carbocycles. The van der Waals surface area contributed by atoms with Crippen LogP contribution in [0.5, 0.6) is 0 Å². The number of nitrogens with zero attached hydrogens (tertiary/aromatic N) is 3. The van der Waals surface area contributed by atoms with E-state index in [4.69, 9.17) is 4.98 Å². The number of rotatable bonds is 5. The lowest BCUT2D eigenvalue weighted by atomic mass is 10.2. The first kappa shape index (κ1) is 12.9. The third-order valence-electron chi connectivity index (χ3n) is 4.41. The van der Waals surface area contributed by atoms with Crippen molar-refractivity contribution in [2.45, 2.75) is 64.1 Å². The third-order valence-corrected chi connectivity index (χ3v) is 4.41. The van der Waals surface area contributed by atoms with E-state index >= 15 is 0 Å². The molecule has 4 heteroatoms. The summed E-state index contributed by atoms with van der Waals surface area (Å²) in [5, 5.41) is 3.52. The first-order chi connectivity index (χ1) is 9.24. The molecule has 0 bridgehead atoms. The molecular weight excluding hydrogens is 236 g/mol. The van der Waals surface area contributed by atoms with Crippen LogP contribution in [0.2, 0.25) is 0 Å². The van der Waals surface area contributed by atoms with E-state index in [0.717, 1.165) is 24.2 Å². The van der Waals surface area contributed by atoms with Gasteiger partial charge in [0.2, 0.25) is 5.95 Å². The molecule has 0 spiro atoms. The normalized spacial score (nSPS) is 19.9. The molecule has 2 fully saturated rings. The highest BCUT2D eigenvalue weighted by atomic mass is 15.3. The quantitative estimate of drug-likeness (QED) is 0.882. The molecule has 3 rings (SSSR count). The van der Waals surface area contributed by atoms with Gasteiger partial charge in [0, 0.05) is 43.1 Å². The fraction of sp³-hybridized carbons (Fsp3) is 0.733. The smallest absolute Gasteiger partial charge is 0.225 e. The second-order valence-electron chi connectivity index (χ2n) is 5.99. The molecule has 2 saturated carbocycles. The Kier molecular flexibility index (Phi) is 3.69. The van der Waals surface area contributed by atoms with Crippen molar-refractivity contribution in [3.8, 4) is 0 Å². The second kappa shape index (κ2) is 5.45. The average Bonchev–Trinajstić information content (AvgIpc) is 3.08. The van der Waals surface area contributed by atoms with Crippen molar-refractivity contribution in [2.24, 2.45) is 0 Å². The average molecular weight is 260 g/mol. The van der Waals surface area contributed by atoms with Crippen molar-refractivity contribution in [1.82, 2.24) is 15.3 Å². The van der Waals surface area contributed by atoms with Gasteiger partial charge in [-0.25, -0.2) is 9.97 Å². The Morgan fingerprint density at radius 3 is 2.63 bits per heavy atom. The molecule has 2 aliphatic carbocycles. The molecule has 0 aliphatic heterocycles. The zero-order valence-electron chi connectivity index (χ0n) is 12.0. The highest BCUT2D eigenvalue weighted by Gasteiger charge is 2.23. The van der Waals surface area contributed by atoms with Gasteiger partial charge in [-0.2, -0.15) is 0 Å². The van der Waals surface area contributed by atoms with Crippen LogP contribution in [0.15, 0.2) is 6.20 Å². The van der Waals surface area contributed by atoms with E-state index in [1.165, 1.54) is 44.1 Å². The summed E-state index contributed by atoms with van der Waals surface area (Å²) >= 11 is 0. The molecule has 19 heavy (non-hydrogen) atoms. The molecule has 1 N–H and O–H groups in total. The fourth-order valence-electron chi connectivity index (χ4n) is 2.82. The molecule has 1 aromatic rings. The van der Waals surface area contributed by atoms with Crippen LogP contribution in [-0.4, -0.2) is 29.1 Å². The summed E-state index contributed by atoms with van der Waals surface area (Å²) in [6, 6.07) is 1.37. The van der Waals surface area contributed by atoms with Gasteiger partial charge in [-0.15, -0.1) is 0 Å². The predicted octanol–water partition coefficient (Wildman–Crippen LogP) is 2.42. The van der Waals surface area contributed by atoms with Crippen LogP contribution in [0.1, 0.15) is 49.8 Å². The summed E-state index contributed by atoms with van der Waals surface area (Å²) in [6.07, 6.45) is 9.89. The van der Waals surface area contributed by atoms with Gasteiger partial charge in [-0.3, -0.25) is 0 Å². The molecule has 2 aliphatic rings. The van der Waals surface area contributed by atoms with Crippen LogP contribution in [0.25, 0.3) is 0 Å². The van der Waals surface area contributed by atoms with E-state index < -0.39 is 0 Å². The van der Waals surface area contributed by atoms with Gasteiger partial charge in [0.05, 0.1) is 0 Å². The van der Waals surface area contributed by atoms with Crippen LogP contribution in [-0.2, 0) is 6.54 Å². The van der Waals surface area contributed by atoms with Crippen LogP contribution >= 0.6 is 0 Å². The fourth-order valence-corrected chi connectivity index (χ4v) is 2.82. The maximum absolute atomic E-state index is 4.69. The molecule has 0 saturated heterocycles. The largest absolute Gasteiger partial charge is 0.341 e. The number of hydrogen-bond donors (Lipinski definition) is 1. The van der Waals surface area contributed by atoms with Crippen molar-refractivity contribution in [3.05, 3.63) is 17.5 Å². The number of aryl methyl sites for hydroxylation is 1. The van der Waals surface area contributed by atoms with Crippen molar-refractivity contribution in [2.75, 3.05) is 11.9 Å². The van der Waals surface area contributed by atoms with Crippen LogP contribution in [0.3, 0.4) is 0 Å². The first-order valence-corrected chi connectivity index (χ1v) is 7.53. The monoisotopic (exact) mass is 260 g/mol. The van der Waals surface area contributed by atoms with E-state index in [1.807, 2.05) is 6.20 Å². The minimum absolute atomic E-state index is 0.634. The zero-order valence-corrected chi connectivity index (χ0v) is 12.0. The van der Waals surface area contributed by atoms with Gasteiger partial charge in [0.1, 0.15) is 0 Å². The molecule has 104 valence electrons. The molecule has 4 nitrogen and oxygen atoms in total. The molecular formula is C15H24N4. The zero-order chi connectivity index (χ0) is 13.2. The summed E-state index contributed by atoms with van der Waals surface area (Å²) in [7, 11) is 2.13. The molecule has 0 atom stereocenters. The van der Waals surface area contributed by atoms with E-state index in [2.05, 4.69) is 29.2 Å². The Bertz CT molecular complexity index is 436. The van der Waals surface area contributed by atoms with Gasteiger partial charge in [-0.1, -0.05) is 12.8 Å². The van der Waals surface area contributed by atoms with Crippen LogP contribution in [0, 0.1) is 6.92 Å². The highest BCUT2D eigenvalue weighted by molar-refractivity contribution is 5.33. The molecule has 1 heterocycles. The highest BCUT2D eigenvalue weighted by Crippen LogP contribution is 2.25. The van der Waals surface area contributed by atoms with Crippen molar-refractivity contribution in [1.29, 1.82) is 0 Å². The topological polar surface area (TPSA) is 41.1 Å². The summed E-state index contributed by atoms with van der Waals surface area (Å²) < 4.78 is 0. The minimum Gasteiger partial charge on any atom is -0.341 e. The molecule has 0 amide bonds. The van der Waals surface area contributed by atoms with Crippen molar-refractivity contribution in [3.63, 3.8) is 0 Å². The maximum Gasteiger partial charge on any atom is 0.225 e. The lowest BCUT2D eigenvalue weighted by Gasteiger charge is -2.24. The summed E-state index contributed by atoms with van der Waals surface area (Å²) in [5.74, 6) is 0.888. The van der Waals surface area contributed by atoms with Gasteiger partial charge >= 0.3 is 0 Å². The van der Waals surface area contributed by atoms with Gasteiger partial charge < -0.3 is 10.2 Å². The van der Waals surface area contributed by atoms with Gasteiger partial charge in [0.15, 0.2) is 0 Å². The van der Waals surface area contributed by atoms with E-state index in [9.17, 15) is 0 Å². The second-order valence-corrected chi connectivity index (χ2v) is 5.99. The first-order valence-electron chi connectivity index (χ1n) is 7.53. The predicted molar refractivity (Wildman–Crippen MR) is 77.3 cm³/mol. The standard InChI is InChI=1S/C15H24N4/c1-11-12(9-16-13-7-8-13)10-17-15(18-11)19(2)14-5-3-4-6-14/h10,13-14,16H,3-9H2,1-2H3. The summed E-state index contributed by atoms with van der Waals surface area (Å²) in [5.41, 5.74) is 2.35. The Hall–Kier alpha value is -1.16. The lowest BCUT2D eigenvalue weighted by molar-refractivity contribution is 0.633. The maximum atomic E-state index is 4.69. The van der Waals surface area contributed by atoms with Crippen LogP contribution in [0.4, 0.5) is 5.95 Å². The Labute approximate surface area is 115 Å². The Morgan fingerprint density at radius 2 is 2.00 bits per heavy atom. The number of aromatic nitrogens is 2. The van der Waals surface area contributed by atoms with E-state index in [-0.39, 0.29) is 0 Å². The van der Waals surface area contributed by atoms with E-state index in [1.54, 1.807) is 0 Å². The van der Waals surface area contributed by atoms with Crippen LogP contribution < -0.4 is 10.2 Å². The van der Waals surface area contributed by atoms with Gasteiger partial charge in [0.25, 0.3) is 0 Å². The lowest BCUT2D eigenvalue weighted by Crippen LogP contribution is -2.30. The van der Waals surface area contributed by atoms with Crippen molar-refractivity contribution >= 4 is 5.95 Å². The van der Waals surface area contributed by atoms with E-state index in [0.29, 0.717) is 6.04 Å².